The van der Waals surface area contributed by atoms with Gasteiger partial charge in [-0.05, 0) is 42.0 Å². The summed E-state index contributed by atoms with van der Waals surface area (Å²) >= 11 is 0. The van der Waals surface area contributed by atoms with Gasteiger partial charge in [0.2, 0.25) is 0 Å². The van der Waals surface area contributed by atoms with E-state index in [1.807, 2.05) is 35.2 Å². The standard InChI is InChI=1S/C25H27N3O3S/c1-26-16-18-27(19-17-26)25(29)22-14-12-21(13-15-22)20-28(23-8-4-2-5-9-23)32(30,31)24-10-6-3-7-11-24/h2-15H,16-20H2,1H3/p+1. The van der Waals surface area contributed by atoms with Gasteiger partial charge in [-0.25, -0.2) is 8.42 Å². The van der Waals surface area contributed by atoms with E-state index in [1.165, 1.54) is 9.21 Å². The van der Waals surface area contributed by atoms with E-state index < -0.39 is 10.0 Å². The van der Waals surface area contributed by atoms with Crippen molar-refractivity contribution >= 4 is 21.6 Å². The molecular weight excluding hydrogens is 422 g/mol. The maximum Gasteiger partial charge on any atom is 0.264 e. The number of nitrogens with one attached hydrogen (secondary N) is 1. The largest absolute Gasteiger partial charge is 0.334 e. The van der Waals surface area contributed by atoms with Gasteiger partial charge in [0.1, 0.15) is 0 Å². The monoisotopic (exact) mass is 450 g/mol. The maximum atomic E-state index is 13.4. The first kappa shape index (κ1) is 22.0. The Morgan fingerprint density at radius 3 is 2.03 bits per heavy atom. The van der Waals surface area contributed by atoms with Crippen molar-refractivity contribution in [3.8, 4) is 0 Å². The average Bonchev–Trinajstić information content (AvgIpc) is 2.84. The zero-order chi connectivity index (χ0) is 22.6. The number of hydrogen-bond acceptors (Lipinski definition) is 3. The number of carbonyl (C=O) groups excluding carboxylic acids is 1. The van der Waals surface area contributed by atoms with Crippen LogP contribution in [-0.4, -0.2) is 52.5 Å². The fraction of sp³-hybridized carbons (Fsp3) is 0.240. The maximum absolute atomic E-state index is 13.4. The van der Waals surface area contributed by atoms with Crippen LogP contribution in [0.2, 0.25) is 0 Å². The lowest BCUT2D eigenvalue weighted by Gasteiger charge is -2.30. The quantitative estimate of drug-likeness (QED) is 0.625. The van der Waals surface area contributed by atoms with Gasteiger partial charge < -0.3 is 9.80 Å². The van der Waals surface area contributed by atoms with E-state index in [4.69, 9.17) is 0 Å². The van der Waals surface area contributed by atoms with Gasteiger partial charge in [0.05, 0.1) is 50.4 Å². The summed E-state index contributed by atoms with van der Waals surface area (Å²) in [6.07, 6.45) is 0. The molecule has 0 unspecified atom stereocenters. The molecule has 3 aromatic carbocycles. The number of hydrogen-bond donors (Lipinski definition) is 1. The number of anilines is 1. The fourth-order valence-electron chi connectivity index (χ4n) is 3.82. The first-order chi connectivity index (χ1) is 15.4. The number of quaternary nitrogens is 1. The number of piperazine rings is 1. The van der Waals surface area contributed by atoms with E-state index in [2.05, 4.69) is 7.05 Å². The van der Waals surface area contributed by atoms with Crippen molar-refractivity contribution in [2.75, 3.05) is 37.5 Å². The molecule has 32 heavy (non-hydrogen) atoms. The molecule has 1 aliphatic rings. The highest BCUT2D eigenvalue weighted by molar-refractivity contribution is 7.92. The van der Waals surface area contributed by atoms with Crippen LogP contribution in [0.4, 0.5) is 5.69 Å². The molecule has 1 amide bonds. The van der Waals surface area contributed by atoms with Gasteiger partial charge in [0.25, 0.3) is 15.9 Å². The number of amides is 1. The van der Waals surface area contributed by atoms with Crippen LogP contribution in [-0.2, 0) is 16.6 Å². The van der Waals surface area contributed by atoms with E-state index in [0.717, 1.165) is 31.7 Å². The predicted octanol–water partition coefficient (Wildman–Crippen LogP) is 2.05. The van der Waals surface area contributed by atoms with E-state index in [9.17, 15) is 13.2 Å². The summed E-state index contributed by atoms with van der Waals surface area (Å²) < 4.78 is 28.2. The summed E-state index contributed by atoms with van der Waals surface area (Å²) in [5, 5.41) is 0. The molecule has 7 heteroatoms. The number of sulfonamides is 1. The highest BCUT2D eigenvalue weighted by Gasteiger charge is 2.26. The smallest absolute Gasteiger partial charge is 0.264 e. The van der Waals surface area contributed by atoms with Gasteiger partial charge in [0.15, 0.2) is 0 Å². The van der Waals surface area contributed by atoms with Crippen molar-refractivity contribution in [1.82, 2.24) is 4.90 Å². The van der Waals surface area contributed by atoms with Crippen LogP contribution >= 0.6 is 0 Å². The van der Waals surface area contributed by atoms with Gasteiger partial charge in [-0.15, -0.1) is 0 Å². The Morgan fingerprint density at radius 1 is 0.875 bits per heavy atom. The number of para-hydroxylation sites is 1. The van der Waals surface area contributed by atoms with Crippen LogP contribution in [0.1, 0.15) is 15.9 Å². The van der Waals surface area contributed by atoms with Crippen molar-refractivity contribution in [2.24, 2.45) is 0 Å². The summed E-state index contributed by atoms with van der Waals surface area (Å²) in [7, 11) is -1.61. The molecule has 3 aromatic rings. The van der Waals surface area contributed by atoms with Gasteiger partial charge in [0, 0.05) is 5.56 Å². The van der Waals surface area contributed by atoms with Crippen LogP contribution in [0.15, 0.2) is 89.8 Å². The molecule has 0 bridgehead atoms. The highest BCUT2D eigenvalue weighted by atomic mass is 32.2. The molecule has 6 nitrogen and oxygen atoms in total. The van der Waals surface area contributed by atoms with Gasteiger partial charge in [-0.1, -0.05) is 48.5 Å². The topological polar surface area (TPSA) is 62.1 Å². The van der Waals surface area contributed by atoms with Crippen molar-refractivity contribution in [3.63, 3.8) is 0 Å². The Kier molecular flexibility index (Phi) is 6.58. The highest BCUT2D eigenvalue weighted by Crippen LogP contribution is 2.26. The lowest BCUT2D eigenvalue weighted by molar-refractivity contribution is -0.883. The summed E-state index contributed by atoms with van der Waals surface area (Å²) in [6.45, 7) is 3.58. The van der Waals surface area contributed by atoms with Crippen molar-refractivity contribution in [3.05, 3.63) is 96.1 Å². The molecule has 1 aliphatic heterocycles. The lowest BCUT2D eigenvalue weighted by Crippen LogP contribution is -3.12. The van der Waals surface area contributed by atoms with Crippen molar-refractivity contribution in [1.29, 1.82) is 0 Å². The number of rotatable bonds is 6. The molecule has 4 rings (SSSR count). The number of carbonyl (C=O) groups is 1. The van der Waals surface area contributed by atoms with Gasteiger partial charge in [-0.2, -0.15) is 0 Å². The molecule has 1 N–H and O–H groups in total. The minimum Gasteiger partial charge on any atom is -0.334 e. The van der Waals surface area contributed by atoms with E-state index in [1.54, 1.807) is 54.6 Å². The first-order valence-corrected chi connectivity index (χ1v) is 12.2. The molecule has 0 spiro atoms. The molecule has 1 saturated heterocycles. The van der Waals surface area contributed by atoms with Crippen molar-refractivity contribution in [2.45, 2.75) is 11.4 Å². The third kappa shape index (κ3) is 4.84. The third-order valence-electron chi connectivity index (χ3n) is 5.81. The second-order valence-electron chi connectivity index (χ2n) is 8.11. The summed E-state index contributed by atoms with van der Waals surface area (Å²) in [4.78, 5) is 16.4. The van der Waals surface area contributed by atoms with Gasteiger partial charge in [-0.3, -0.25) is 9.10 Å². The van der Waals surface area contributed by atoms with E-state index >= 15 is 0 Å². The number of benzene rings is 3. The second kappa shape index (κ2) is 9.54. The Labute approximate surface area is 189 Å². The Balaban J connectivity index is 1.57. The molecule has 166 valence electrons. The predicted molar refractivity (Wildman–Crippen MR) is 125 cm³/mol. The van der Waals surface area contributed by atoms with Crippen LogP contribution < -0.4 is 9.21 Å². The van der Waals surface area contributed by atoms with Crippen molar-refractivity contribution < 1.29 is 18.1 Å². The summed E-state index contributed by atoms with van der Waals surface area (Å²) in [5.41, 5.74) is 2.04. The van der Waals surface area contributed by atoms with Gasteiger partial charge >= 0.3 is 0 Å². The third-order valence-corrected chi connectivity index (χ3v) is 7.59. The minimum atomic E-state index is -3.75. The zero-order valence-corrected chi connectivity index (χ0v) is 19.0. The molecule has 0 aliphatic carbocycles. The Morgan fingerprint density at radius 2 is 1.44 bits per heavy atom. The Bertz CT molecular complexity index is 1140. The van der Waals surface area contributed by atoms with Crippen LogP contribution in [0.3, 0.4) is 0 Å². The first-order valence-electron chi connectivity index (χ1n) is 10.8. The lowest BCUT2D eigenvalue weighted by atomic mass is 10.1. The van der Waals surface area contributed by atoms with E-state index in [-0.39, 0.29) is 17.3 Å². The normalized spacial score (nSPS) is 14.8. The SMILES string of the molecule is C[NH+]1CCN(C(=O)c2ccc(CN(c3ccccc3)S(=O)(=O)c3ccccc3)cc2)CC1. The molecule has 0 atom stereocenters. The second-order valence-corrected chi connectivity index (χ2v) is 9.97. The molecule has 0 radical (unpaired) electrons. The average molecular weight is 451 g/mol. The summed E-state index contributed by atoms with van der Waals surface area (Å²) in [6, 6.07) is 24.8. The molecule has 0 aromatic heterocycles. The van der Waals surface area contributed by atoms with Crippen LogP contribution in [0.25, 0.3) is 0 Å². The number of likely N-dealkylation sites (N-methyl/N-ethyl adjacent to an activating group) is 1. The molecule has 0 saturated carbocycles. The fourth-order valence-corrected chi connectivity index (χ4v) is 5.30. The van der Waals surface area contributed by atoms with Crippen LogP contribution in [0.5, 0.6) is 0 Å². The number of nitrogens with zero attached hydrogens (tertiary/aromatic N) is 2. The van der Waals surface area contributed by atoms with E-state index in [0.29, 0.717) is 11.3 Å². The summed E-state index contributed by atoms with van der Waals surface area (Å²) in [5.74, 6) is 0.0286. The molecular formula is C25H28N3O3S+. The molecule has 1 heterocycles. The van der Waals surface area contributed by atoms with Crippen LogP contribution in [0, 0.1) is 0 Å². The molecule has 1 fully saturated rings. The Hall–Kier alpha value is -3.16. The minimum absolute atomic E-state index is 0.0286. The zero-order valence-electron chi connectivity index (χ0n) is 18.1.